The minimum absolute atomic E-state index is 0.298. The number of hydrogen-bond donors (Lipinski definition) is 1. The molecule has 20 heavy (non-hydrogen) atoms. The van der Waals surface area contributed by atoms with E-state index in [-0.39, 0.29) is 0 Å². The second-order valence-electron chi connectivity index (χ2n) is 5.10. The SMILES string of the molecule is CCc1cc2c(NCCCOC(C)C)nc(C)nc2s1. The van der Waals surface area contributed by atoms with Gasteiger partial charge in [0.2, 0.25) is 0 Å². The minimum Gasteiger partial charge on any atom is -0.379 e. The van der Waals surface area contributed by atoms with E-state index in [9.17, 15) is 0 Å². The second-order valence-corrected chi connectivity index (χ2v) is 6.22. The first-order chi connectivity index (χ1) is 9.60. The molecule has 110 valence electrons. The third-order valence-electron chi connectivity index (χ3n) is 2.97. The Morgan fingerprint density at radius 2 is 2.15 bits per heavy atom. The van der Waals surface area contributed by atoms with E-state index < -0.39 is 0 Å². The first-order valence-electron chi connectivity index (χ1n) is 7.22. The number of aromatic nitrogens is 2. The highest BCUT2D eigenvalue weighted by Gasteiger charge is 2.09. The van der Waals surface area contributed by atoms with Crippen LogP contribution in [0.2, 0.25) is 0 Å². The summed E-state index contributed by atoms with van der Waals surface area (Å²) in [6.45, 7) is 9.88. The van der Waals surface area contributed by atoms with Crippen LogP contribution >= 0.6 is 11.3 Å². The maximum atomic E-state index is 5.54. The Morgan fingerprint density at radius 3 is 2.85 bits per heavy atom. The predicted octanol–water partition coefficient (Wildman–Crippen LogP) is 3.79. The highest BCUT2D eigenvalue weighted by molar-refractivity contribution is 7.18. The number of aryl methyl sites for hydroxylation is 2. The van der Waals surface area contributed by atoms with Gasteiger partial charge in [-0.1, -0.05) is 6.92 Å². The third-order valence-corrected chi connectivity index (χ3v) is 4.14. The summed E-state index contributed by atoms with van der Waals surface area (Å²) in [6, 6.07) is 2.20. The topological polar surface area (TPSA) is 47.0 Å². The van der Waals surface area contributed by atoms with Crippen LogP contribution in [-0.2, 0) is 11.2 Å². The molecule has 2 aromatic heterocycles. The fraction of sp³-hybridized carbons (Fsp3) is 0.600. The summed E-state index contributed by atoms with van der Waals surface area (Å²) in [6.07, 6.45) is 2.32. The van der Waals surface area contributed by atoms with Crippen molar-refractivity contribution < 1.29 is 4.74 Å². The van der Waals surface area contributed by atoms with Crippen LogP contribution in [0.1, 0.15) is 37.9 Å². The van der Waals surface area contributed by atoms with Gasteiger partial charge in [-0.05, 0) is 39.7 Å². The fourth-order valence-corrected chi connectivity index (χ4v) is 3.00. The number of nitrogens with one attached hydrogen (secondary N) is 1. The van der Waals surface area contributed by atoms with Crippen LogP contribution in [0.15, 0.2) is 6.07 Å². The highest BCUT2D eigenvalue weighted by Crippen LogP contribution is 2.29. The summed E-state index contributed by atoms with van der Waals surface area (Å²) in [5, 5.41) is 4.56. The number of nitrogens with zero attached hydrogens (tertiary/aromatic N) is 2. The molecule has 0 fully saturated rings. The molecule has 0 saturated carbocycles. The zero-order valence-corrected chi connectivity index (χ0v) is 13.5. The van der Waals surface area contributed by atoms with Crippen molar-refractivity contribution in [2.45, 2.75) is 46.6 Å². The van der Waals surface area contributed by atoms with E-state index >= 15 is 0 Å². The highest BCUT2D eigenvalue weighted by atomic mass is 32.1. The lowest BCUT2D eigenvalue weighted by Crippen LogP contribution is -2.10. The lowest BCUT2D eigenvalue weighted by Gasteiger charge is -2.09. The van der Waals surface area contributed by atoms with Gasteiger partial charge in [0, 0.05) is 18.0 Å². The molecule has 0 radical (unpaired) electrons. The average Bonchev–Trinajstić information content (AvgIpc) is 2.80. The molecule has 2 aromatic rings. The summed E-state index contributed by atoms with van der Waals surface area (Å²) in [5.41, 5.74) is 0. The van der Waals surface area contributed by atoms with Crippen LogP contribution in [0.4, 0.5) is 5.82 Å². The largest absolute Gasteiger partial charge is 0.379 e. The zero-order valence-electron chi connectivity index (χ0n) is 12.7. The number of ether oxygens (including phenoxy) is 1. The van der Waals surface area contributed by atoms with E-state index in [4.69, 9.17) is 4.74 Å². The Morgan fingerprint density at radius 1 is 1.35 bits per heavy atom. The van der Waals surface area contributed by atoms with E-state index in [2.05, 4.69) is 42.1 Å². The average molecular weight is 293 g/mol. The van der Waals surface area contributed by atoms with E-state index in [1.54, 1.807) is 11.3 Å². The van der Waals surface area contributed by atoms with Crippen molar-refractivity contribution in [2.75, 3.05) is 18.5 Å². The molecule has 0 aromatic carbocycles. The first kappa shape index (κ1) is 15.2. The Hall–Kier alpha value is -1.20. The molecule has 0 saturated heterocycles. The lowest BCUT2D eigenvalue weighted by molar-refractivity contribution is 0.0787. The van der Waals surface area contributed by atoms with Gasteiger partial charge in [0.05, 0.1) is 11.5 Å². The van der Waals surface area contributed by atoms with Crippen LogP contribution in [-0.4, -0.2) is 29.2 Å². The maximum absolute atomic E-state index is 5.54. The summed E-state index contributed by atoms with van der Waals surface area (Å²) >= 11 is 1.76. The quantitative estimate of drug-likeness (QED) is 0.789. The summed E-state index contributed by atoms with van der Waals surface area (Å²) < 4.78 is 5.54. The molecule has 0 amide bonds. The van der Waals surface area contributed by atoms with Gasteiger partial charge < -0.3 is 10.1 Å². The number of fused-ring (bicyclic) bond motifs is 1. The van der Waals surface area contributed by atoms with Gasteiger partial charge in [-0.25, -0.2) is 9.97 Å². The third kappa shape index (κ3) is 3.90. The molecule has 0 aliphatic heterocycles. The van der Waals surface area contributed by atoms with Gasteiger partial charge in [-0.15, -0.1) is 11.3 Å². The molecule has 2 heterocycles. The van der Waals surface area contributed by atoms with Crippen LogP contribution in [0.25, 0.3) is 10.2 Å². The predicted molar refractivity (Wildman–Crippen MR) is 85.7 cm³/mol. The Labute approximate surface area is 124 Å². The lowest BCUT2D eigenvalue weighted by atomic mass is 10.3. The molecule has 2 rings (SSSR count). The van der Waals surface area contributed by atoms with Gasteiger partial charge >= 0.3 is 0 Å². The smallest absolute Gasteiger partial charge is 0.138 e. The van der Waals surface area contributed by atoms with Crippen LogP contribution in [0.3, 0.4) is 0 Å². The Balaban J connectivity index is 2.03. The molecule has 0 spiro atoms. The standard InChI is InChI=1S/C15H23N3OS/c1-5-12-9-13-14(16-7-6-8-19-10(2)3)17-11(4)18-15(13)20-12/h9-10H,5-8H2,1-4H3,(H,16,17,18). The molecule has 5 heteroatoms. The molecule has 1 N–H and O–H groups in total. The van der Waals surface area contributed by atoms with Gasteiger partial charge in [-0.2, -0.15) is 0 Å². The molecule has 4 nitrogen and oxygen atoms in total. The van der Waals surface area contributed by atoms with Crippen molar-refractivity contribution in [2.24, 2.45) is 0 Å². The maximum Gasteiger partial charge on any atom is 0.138 e. The zero-order chi connectivity index (χ0) is 14.5. The monoisotopic (exact) mass is 293 g/mol. The van der Waals surface area contributed by atoms with Crippen LogP contribution in [0, 0.1) is 6.92 Å². The van der Waals surface area contributed by atoms with E-state index in [0.717, 1.165) is 47.9 Å². The van der Waals surface area contributed by atoms with Gasteiger partial charge in [0.1, 0.15) is 16.5 Å². The van der Waals surface area contributed by atoms with E-state index in [1.165, 1.54) is 4.88 Å². The Kier molecular flexibility index (Phi) is 5.31. The van der Waals surface area contributed by atoms with Gasteiger partial charge in [0.15, 0.2) is 0 Å². The molecular weight excluding hydrogens is 270 g/mol. The molecule has 0 unspecified atom stereocenters. The number of rotatable bonds is 7. The molecule has 0 aliphatic carbocycles. The molecule has 0 atom stereocenters. The van der Waals surface area contributed by atoms with Crippen molar-refractivity contribution in [3.63, 3.8) is 0 Å². The van der Waals surface area contributed by atoms with Crippen molar-refractivity contribution in [3.8, 4) is 0 Å². The van der Waals surface area contributed by atoms with E-state index in [0.29, 0.717) is 6.10 Å². The number of anilines is 1. The first-order valence-corrected chi connectivity index (χ1v) is 8.04. The van der Waals surface area contributed by atoms with Crippen molar-refractivity contribution in [1.29, 1.82) is 0 Å². The summed E-state index contributed by atoms with van der Waals surface area (Å²) in [4.78, 5) is 11.5. The molecule has 0 aliphatic rings. The van der Waals surface area contributed by atoms with Crippen LogP contribution in [0.5, 0.6) is 0 Å². The summed E-state index contributed by atoms with van der Waals surface area (Å²) in [5.74, 6) is 1.77. The number of hydrogen-bond acceptors (Lipinski definition) is 5. The minimum atomic E-state index is 0.298. The fourth-order valence-electron chi connectivity index (χ4n) is 1.99. The van der Waals surface area contributed by atoms with Crippen molar-refractivity contribution in [1.82, 2.24) is 9.97 Å². The van der Waals surface area contributed by atoms with Crippen LogP contribution < -0.4 is 5.32 Å². The molecule has 0 bridgehead atoms. The van der Waals surface area contributed by atoms with Crippen molar-refractivity contribution in [3.05, 3.63) is 16.8 Å². The van der Waals surface area contributed by atoms with Gasteiger partial charge in [-0.3, -0.25) is 0 Å². The van der Waals surface area contributed by atoms with Crippen molar-refractivity contribution >= 4 is 27.4 Å². The normalized spacial score (nSPS) is 11.4. The number of thiophene rings is 1. The molecular formula is C15H23N3OS. The Bertz CT molecular complexity index is 565. The second kappa shape index (κ2) is 6.99. The van der Waals surface area contributed by atoms with E-state index in [1.807, 2.05) is 6.92 Å². The summed E-state index contributed by atoms with van der Waals surface area (Å²) in [7, 11) is 0. The van der Waals surface area contributed by atoms with Gasteiger partial charge in [0.25, 0.3) is 0 Å².